The molecule has 1 amide bonds. The van der Waals surface area contributed by atoms with Crippen LogP contribution in [0.3, 0.4) is 0 Å². The molecule has 0 unspecified atom stereocenters. The molecule has 1 saturated heterocycles. The molecular weight excluding hydrogens is 342 g/mol. The van der Waals surface area contributed by atoms with Crippen LogP contribution < -0.4 is 4.74 Å². The van der Waals surface area contributed by atoms with Gasteiger partial charge in [-0.3, -0.25) is 4.79 Å². The number of hydrogen-bond donors (Lipinski definition) is 1. The Labute approximate surface area is 159 Å². The van der Waals surface area contributed by atoms with Gasteiger partial charge in [-0.15, -0.1) is 0 Å². The van der Waals surface area contributed by atoms with Gasteiger partial charge < -0.3 is 14.7 Å². The summed E-state index contributed by atoms with van der Waals surface area (Å²) in [6.07, 6.45) is 3.07. The van der Waals surface area contributed by atoms with Crippen LogP contribution in [-0.2, 0) is 11.2 Å². The molecule has 0 aliphatic carbocycles. The van der Waals surface area contributed by atoms with Crippen molar-refractivity contribution in [1.82, 2.24) is 4.90 Å². The van der Waals surface area contributed by atoms with E-state index >= 15 is 0 Å². The third-order valence-corrected chi connectivity index (χ3v) is 5.14. The van der Waals surface area contributed by atoms with Crippen LogP contribution in [0.4, 0.5) is 0 Å². The summed E-state index contributed by atoms with van der Waals surface area (Å²) in [4.78, 5) is 25.8. The third kappa shape index (κ3) is 4.88. The molecule has 27 heavy (non-hydrogen) atoms. The number of carboxylic acids is 1. The number of piperidine rings is 1. The zero-order valence-corrected chi connectivity index (χ0v) is 15.6. The van der Waals surface area contributed by atoms with Crippen molar-refractivity contribution in [3.05, 3.63) is 65.2 Å². The van der Waals surface area contributed by atoms with Gasteiger partial charge >= 0.3 is 5.97 Å². The number of amides is 1. The smallest absolute Gasteiger partial charge is 0.335 e. The summed E-state index contributed by atoms with van der Waals surface area (Å²) in [5, 5.41) is 9.19. The van der Waals surface area contributed by atoms with Gasteiger partial charge in [0.15, 0.2) is 0 Å². The van der Waals surface area contributed by atoms with Gasteiger partial charge in [0, 0.05) is 25.4 Å². The lowest BCUT2D eigenvalue weighted by molar-refractivity contribution is -0.132. The van der Waals surface area contributed by atoms with Crippen LogP contribution in [0.1, 0.15) is 46.7 Å². The molecule has 5 heteroatoms. The minimum Gasteiger partial charge on any atom is -0.497 e. The van der Waals surface area contributed by atoms with E-state index in [1.165, 1.54) is 0 Å². The molecule has 2 aromatic rings. The molecule has 2 aromatic carbocycles. The number of likely N-dealkylation sites (tertiary alicyclic amines) is 1. The molecule has 5 nitrogen and oxygen atoms in total. The zero-order chi connectivity index (χ0) is 19.2. The van der Waals surface area contributed by atoms with Crippen molar-refractivity contribution in [2.45, 2.75) is 31.6 Å². The van der Waals surface area contributed by atoms with Crippen LogP contribution in [0.5, 0.6) is 5.75 Å². The highest BCUT2D eigenvalue weighted by Crippen LogP contribution is 2.28. The Bertz CT molecular complexity index is 817. The minimum absolute atomic E-state index is 0.150. The minimum atomic E-state index is -0.918. The Hall–Kier alpha value is -2.82. The Morgan fingerprint density at radius 3 is 2.78 bits per heavy atom. The maximum atomic E-state index is 12.7. The van der Waals surface area contributed by atoms with Gasteiger partial charge in [-0.1, -0.05) is 24.3 Å². The number of carboxylic acid groups (broad SMARTS) is 1. The lowest BCUT2D eigenvalue weighted by atomic mass is 9.89. The quantitative estimate of drug-likeness (QED) is 0.845. The molecule has 1 aliphatic heterocycles. The molecule has 142 valence electrons. The number of aryl methyl sites for hydroxylation is 1. The first-order chi connectivity index (χ1) is 13.1. The standard InChI is InChI=1S/C22H25NO4/c1-27-20-9-2-5-16(13-20)10-11-21(24)23-12-4-8-19(15-23)17-6-3-7-18(14-17)22(25)26/h2-3,5-7,9,13-14,19H,4,8,10-12,15H2,1H3,(H,25,26)/t19-/m0/s1. The summed E-state index contributed by atoms with van der Waals surface area (Å²) < 4.78 is 5.23. The van der Waals surface area contributed by atoms with E-state index in [1.807, 2.05) is 35.2 Å². The lowest BCUT2D eigenvalue weighted by Gasteiger charge is -2.33. The van der Waals surface area contributed by atoms with Crippen molar-refractivity contribution < 1.29 is 19.4 Å². The van der Waals surface area contributed by atoms with Gasteiger partial charge in [-0.25, -0.2) is 4.79 Å². The Morgan fingerprint density at radius 1 is 1.19 bits per heavy atom. The number of carbonyl (C=O) groups excluding carboxylic acids is 1. The van der Waals surface area contributed by atoms with Gasteiger partial charge in [0.05, 0.1) is 12.7 Å². The predicted octanol–water partition coefficient (Wildman–Crippen LogP) is 3.73. The molecule has 0 radical (unpaired) electrons. The number of aromatic carboxylic acids is 1. The maximum absolute atomic E-state index is 12.7. The van der Waals surface area contributed by atoms with Crippen molar-refractivity contribution >= 4 is 11.9 Å². The predicted molar refractivity (Wildman–Crippen MR) is 103 cm³/mol. The summed E-state index contributed by atoms with van der Waals surface area (Å²) in [7, 11) is 1.64. The topological polar surface area (TPSA) is 66.8 Å². The highest BCUT2D eigenvalue weighted by molar-refractivity contribution is 5.87. The van der Waals surface area contributed by atoms with Crippen LogP contribution in [0.15, 0.2) is 48.5 Å². The van der Waals surface area contributed by atoms with E-state index in [9.17, 15) is 14.7 Å². The normalized spacial score (nSPS) is 16.8. The van der Waals surface area contributed by atoms with E-state index in [4.69, 9.17) is 4.74 Å². The molecule has 1 atom stereocenters. The van der Waals surface area contributed by atoms with Crippen molar-refractivity contribution in [3.8, 4) is 5.75 Å². The fourth-order valence-electron chi connectivity index (χ4n) is 3.64. The molecule has 0 saturated carbocycles. The first-order valence-electron chi connectivity index (χ1n) is 9.31. The monoisotopic (exact) mass is 367 g/mol. The summed E-state index contributed by atoms with van der Waals surface area (Å²) in [5.41, 5.74) is 2.39. The third-order valence-electron chi connectivity index (χ3n) is 5.14. The largest absolute Gasteiger partial charge is 0.497 e. The van der Waals surface area contributed by atoms with E-state index < -0.39 is 5.97 Å². The van der Waals surface area contributed by atoms with Gasteiger partial charge in [0.2, 0.25) is 5.91 Å². The van der Waals surface area contributed by atoms with Gasteiger partial charge in [-0.2, -0.15) is 0 Å². The Kier molecular flexibility index (Phi) is 6.12. The van der Waals surface area contributed by atoms with E-state index in [0.29, 0.717) is 24.9 Å². The molecule has 0 bridgehead atoms. The number of carbonyl (C=O) groups is 2. The molecule has 0 spiro atoms. The van der Waals surface area contributed by atoms with Crippen molar-refractivity contribution in [3.63, 3.8) is 0 Å². The molecule has 1 fully saturated rings. The first-order valence-corrected chi connectivity index (χ1v) is 9.31. The maximum Gasteiger partial charge on any atom is 0.335 e. The van der Waals surface area contributed by atoms with Crippen molar-refractivity contribution in [2.24, 2.45) is 0 Å². The van der Waals surface area contributed by atoms with Crippen molar-refractivity contribution in [2.75, 3.05) is 20.2 Å². The molecule has 0 aromatic heterocycles. The Morgan fingerprint density at radius 2 is 2.00 bits per heavy atom. The molecule has 1 N–H and O–H groups in total. The molecular formula is C22H25NO4. The number of methoxy groups -OCH3 is 1. The van der Waals surface area contributed by atoms with Crippen molar-refractivity contribution in [1.29, 1.82) is 0 Å². The second-order valence-corrected chi connectivity index (χ2v) is 6.96. The fraction of sp³-hybridized carbons (Fsp3) is 0.364. The second-order valence-electron chi connectivity index (χ2n) is 6.96. The van der Waals surface area contributed by atoms with Crippen LogP contribution in [0, 0.1) is 0 Å². The summed E-state index contributed by atoms with van der Waals surface area (Å²) in [6, 6.07) is 14.9. The zero-order valence-electron chi connectivity index (χ0n) is 15.6. The summed E-state index contributed by atoms with van der Waals surface area (Å²) in [6.45, 7) is 1.42. The average molecular weight is 367 g/mol. The number of rotatable bonds is 6. The fourth-order valence-corrected chi connectivity index (χ4v) is 3.64. The van der Waals surface area contributed by atoms with Gasteiger partial charge in [0.1, 0.15) is 5.75 Å². The first kappa shape index (κ1) is 19.0. The summed E-state index contributed by atoms with van der Waals surface area (Å²) >= 11 is 0. The molecule has 1 aliphatic rings. The van der Waals surface area contributed by atoms with Crippen LogP contribution in [0.2, 0.25) is 0 Å². The molecule has 1 heterocycles. The average Bonchev–Trinajstić information content (AvgIpc) is 2.72. The summed E-state index contributed by atoms with van der Waals surface area (Å²) in [5.74, 6) is 0.228. The van der Waals surface area contributed by atoms with E-state index in [2.05, 4.69) is 0 Å². The number of benzene rings is 2. The number of ether oxygens (including phenoxy) is 1. The SMILES string of the molecule is COc1cccc(CCC(=O)N2CCC[C@H](c3cccc(C(=O)O)c3)C2)c1. The number of hydrogen-bond acceptors (Lipinski definition) is 3. The van der Waals surface area contributed by atoms with Crippen LogP contribution in [-0.4, -0.2) is 42.1 Å². The van der Waals surface area contributed by atoms with Gasteiger partial charge in [0.25, 0.3) is 0 Å². The molecule has 3 rings (SSSR count). The highest BCUT2D eigenvalue weighted by Gasteiger charge is 2.25. The number of nitrogens with zero attached hydrogens (tertiary/aromatic N) is 1. The van der Waals surface area contributed by atoms with Crippen LogP contribution >= 0.6 is 0 Å². The van der Waals surface area contributed by atoms with Crippen LogP contribution in [0.25, 0.3) is 0 Å². The Balaban J connectivity index is 1.61. The van der Waals surface area contributed by atoms with Gasteiger partial charge in [-0.05, 0) is 54.7 Å². The van der Waals surface area contributed by atoms with E-state index in [1.54, 1.807) is 25.3 Å². The highest BCUT2D eigenvalue weighted by atomic mass is 16.5. The second kappa shape index (κ2) is 8.71. The van der Waals surface area contributed by atoms with E-state index in [0.717, 1.165) is 36.3 Å². The lowest BCUT2D eigenvalue weighted by Crippen LogP contribution is -2.39. The van der Waals surface area contributed by atoms with E-state index in [-0.39, 0.29) is 11.8 Å².